The van der Waals surface area contributed by atoms with E-state index >= 15 is 0 Å². The molecule has 5 nitrogen and oxygen atoms in total. The molecule has 6 heteroatoms. The number of hydrogen-bond donors (Lipinski definition) is 1. The minimum Gasteiger partial charge on any atom is -0.375 e. The van der Waals surface area contributed by atoms with Crippen LogP contribution in [0.25, 0.3) is 11.0 Å². The number of fused-ring (bicyclic) bond motifs is 1. The molecule has 0 fully saturated rings. The first kappa shape index (κ1) is 16.4. The van der Waals surface area contributed by atoms with Crippen LogP contribution in [-0.4, -0.2) is 29.5 Å². The number of hydrogen-bond acceptors (Lipinski definition) is 4. The highest BCUT2D eigenvalue weighted by Gasteiger charge is 2.16. The van der Waals surface area contributed by atoms with Gasteiger partial charge in [-0.05, 0) is 18.2 Å². The Bertz CT molecular complexity index is 870. The van der Waals surface area contributed by atoms with E-state index in [1.807, 2.05) is 42.5 Å². The van der Waals surface area contributed by atoms with E-state index in [9.17, 15) is 4.79 Å². The molecular formula is C18H16ClN3O2. The lowest BCUT2D eigenvalue weighted by Gasteiger charge is -2.17. The minimum atomic E-state index is -0.337. The molecule has 0 spiro atoms. The van der Waals surface area contributed by atoms with Crippen LogP contribution in [0.2, 0.25) is 5.02 Å². The SMILES string of the molecule is COC(CNC(=O)c1cnc2ccccc2n1)c1ccccc1Cl. The average molecular weight is 342 g/mol. The summed E-state index contributed by atoms with van der Waals surface area (Å²) in [6.07, 6.45) is 1.13. The van der Waals surface area contributed by atoms with Crippen LogP contribution >= 0.6 is 11.6 Å². The maximum absolute atomic E-state index is 12.3. The summed E-state index contributed by atoms with van der Waals surface area (Å²) in [6, 6.07) is 14.8. The number of para-hydroxylation sites is 2. The van der Waals surface area contributed by atoms with Crippen molar-refractivity contribution in [3.05, 3.63) is 71.0 Å². The van der Waals surface area contributed by atoms with Gasteiger partial charge in [0.1, 0.15) is 11.8 Å². The van der Waals surface area contributed by atoms with Crippen molar-refractivity contribution in [3.63, 3.8) is 0 Å². The fourth-order valence-corrected chi connectivity index (χ4v) is 2.66. The summed E-state index contributed by atoms with van der Waals surface area (Å²) in [5.41, 5.74) is 2.52. The smallest absolute Gasteiger partial charge is 0.271 e. The van der Waals surface area contributed by atoms with E-state index in [4.69, 9.17) is 16.3 Å². The Morgan fingerprint density at radius 3 is 2.62 bits per heavy atom. The number of methoxy groups -OCH3 is 1. The summed E-state index contributed by atoms with van der Waals surface area (Å²) in [7, 11) is 1.58. The lowest BCUT2D eigenvalue weighted by atomic mass is 10.1. The molecule has 1 N–H and O–H groups in total. The van der Waals surface area contributed by atoms with Crippen molar-refractivity contribution in [1.82, 2.24) is 15.3 Å². The Labute approximate surface area is 144 Å². The van der Waals surface area contributed by atoms with Gasteiger partial charge in [0, 0.05) is 24.2 Å². The highest BCUT2D eigenvalue weighted by atomic mass is 35.5. The van der Waals surface area contributed by atoms with E-state index in [-0.39, 0.29) is 24.2 Å². The molecule has 0 aliphatic carbocycles. The van der Waals surface area contributed by atoms with E-state index in [1.54, 1.807) is 13.2 Å². The average Bonchev–Trinajstić information content (AvgIpc) is 2.63. The van der Waals surface area contributed by atoms with Gasteiger partial charge in [0.15, 0.2) is 0 Å². The van der Waals surface area contributed by atoms with Gasteiger partial charge >= 0.3 is 0 Å². The number of ether oxygens (including phenoxy) is 1. The van der Waals surface area contributed by atoms with Crippen molar-refractivity contribution in [3.8, 4) is 0 Å². The van der Waals surface area contributed by atoms with Crippen LogP contribution in [0, 0.1) is 0 Å². The summed E-state index contributed by atoms with van der Waals surface area (Å²) < 4.78 is 5.44. The van der Waals surface area contributed by atoms with E-state index in [2.05, 4.69) is 15.3 Å². The monoisotopic (exact) mass is 341 g/mol. The lowest BCUT2D eigenvalue weighted by Crippen LogP contribution is -2.30. The third-order valence-corrected chi connectivity index (χ3v) is 4.01. The number of aromatic nitrogens is 2. The second kappa shape index (κ2) is 7.38. The molecule has 3 rings (SSSR count). The van der Waals surface area contributed by atoms with Crippen LogP contribution in [0.4, 0.5) is 0 Å². The van der Waals surface area contributed by atoms with E-state index in [0.717, 1.165) is 11.1 Å². The third kappa shape index (κ3) is 3.53. The zero-order valence-electron chi connectivity index (χ0n) is 13.1. The highest BCUT2D eigenvalue weighted by molar-refractivity contribution is 6.31. The second-order valence-corrected chi connectivity index (χ2v) is 5.61. The number of rotatable bonds is 5. The Hall–Kier alpha value is -2.50. The number of nitrogens with zero attached hydrogens (tertiary/aromatic N) is 2. The molecule has 2 aromatic carbocycles. The quantitative estimate of drug-likeness (QED) is 0.772. The van der Waals surface area contributed by atoms with Crippen LogP contribution in [0.1, 0.15) is 22.2 Å². The van der Waals surface area contributed by atoms with Crippen molar-refractivity contribution < 1.29 is 9.53 Å². The van der Waals surface area contributed by atoms with Gasteiger partial charge in [0.25, 0.3) is 5.91 Å². The summed E-state index contributed by atoms with van der Waals surface area (Å²) in [6.45, 7) is 0.285. The second-order valence-electron chi connectivity index (χ2n) is 5.20. The topological polar surface area (TPSA) is 64.1 Å². The zero-order valence-corrected chi connectivity index (χ0v) is 13.8. The number of benzene rings is 2. The van der Waals surface area contributed by atoms with Gasteiger partial charge < -0.3 is 10.1 Å². The molecule has 0 saturated heterocycles. The standard InChI is InChI=1S/C18H16ClN3O2/c1-24-17(12-6-2-3-7-13(12)19)11-21-18(23)16-10-20-14-8-4-5-9-15(14)22-16/h2-10,17H,11H2,1H3,(H,21,23). The van der Waals surface area contributed by atoms with E-state index in [0.29, 0.717) is 10.5 Å². The van der Waals surface area contributed by atoms with E-state index < -0.39 is 0 Å². The molecule has 1 atom stereocenters. The largest absolute Gasteiger partial charge is 0.375 e. The van der Waals surface area contributed by atoms with Crippen molar-refractivity contribution in [2.45, 2.75) is 6.10 Å². The fraction of sp³-hybridized carbons (Fsp3) is 0.167. The number of nitrogens with one attached hydrogen (secondary N) is 1. The molecule has 0 saturated carbocycles. The third-order valence-electron chi connectivity index (χ3n) is 3.67. The molecule has 0 aliphatic heterocycles. The summed E-state index contributed by atoms with van der Waals surface area (Å²) >= 11 is 6.18. The van der Waals surface area contributed by atoms with Crippen molar-refractivity contribution in [2.75, 3.05) is 13.7 Å². The van der Waals surface area contributed by atoms with Crippen molar-refractivity contribution >= 4 is 28.5 Å². The van der Waals surface area contributed by atoms with Gasteiger partial charge in [-0.15, -0.1) is 0 Å². The Kier molecular flexibility index (Phi) is 5.03. The molecule has 0 radical (unpaired) electrons. The summed E-state index contributed by atoms with van der Waals surface area (Å²) in [4.78, 5) is 20.9. The van der Waals surface area contributed by atoms with Gasteiger partial charge in [-0.3, -0.25) is 9.78 Å². The zero-order chi connectivity index (χ0) is 16.9. The van der Waals surface area contributed by atoms with Crippen LogP contribution in [-0.2, 0) is 4.74 Å². The summed E-state index contributed by atoms with van der Waals surface area (Å²) in [5.74, 6) is -0.303. The molecule has 1 aromatic heterocycles. The van der Waals surface area contributed by atoms with Crippen molar-refractivity contribution in [2.24, 2.45) is 0 Å². The van der Waals surface area contributed by atoms with Crippen LogP contribution < -0.4 is 5.32 Å². The molecule has 24 heavy (non-hydrogen) atoms. The van der Waals surface area contributed by atoms with Gasteiger partial charge in [0.05, 0.1) is 17.2 Å². The number of halogens is 1. The summed E-state index contributed by atoms with van der Waals surface area (Å²) in [5, 5.41) is 3.42. The fourth-order valence-electron chi connectivity index (χ4n) is 2.40. The number of amides is 1. The van der Waals surface area contributed by atoms with Gasteiger partial charge in [-0.25, -0.2) is 4.98 Å². The first-order chi connectivity index (χ1) is 11.7. The highest BCUT2D eigenvalue weighted by Crippen LogP contribution is 2.24. The molecule has 0 aliphatic rings. The molecule has 0 bridgehead atoms. The first-order valence-electron chi connectivity index (χ1n) is 7.46. The maximum Gasteiger partial charge on any atom is 0.271 e. The van der Waals surface area contributed by atoms with Crippen LogP contribution in [0.3, 0.4) is 0 Å². The van der Waals surface area contributed by atoms with Gasteiger partial charge in [-0.2, -0.15) is 0 Å². The molecule has 1 heterocycles. The van der Waals surface area contributed by atoms with Gasteiger partial charge in [-0.1, -0.05) is 41.9 Å². The molecule has 3 aromatic rings. The van der Waals surface area contributed by atoms with E-state index in [1.165, 1.54) is 6.20 Å². The molecule has 1 amide bonds. The van der Waals surface area contributed by atoms with Crippen LogP contribution in [0.5, 0.6) is 0 Å². The molecular weight excluding hydrogens is 326 g/mol. The first-order valence-corrected chi connectivity index (χ1v) is 7.84. The maximum atomic E-state index is 12.3. The number of carbonyl (C=O) groups is 1. The predicted molar refractivity (Wildman–Crippen MR) is 93.1 cm³/mol. The molecule has 1 unspecified atom stereocenters. The Morgan fingerprint density at radius 2 is 1.88 bits per heavy atom. The number of carbonyl (C=O) groups excluding carboxylic acids is 1. The lowest BCUT2D eigenvalue weighted by molar-refractivity contribution is 0.0824. The minimum absolute atomic E-state index is 0.266. The Balaban J connectivity index is 1.72. The van der Waals surface area contributed by atoms with Gasteiger partial charge in [0.2, 0.25) is 0 Å². The van der Waals surface area contributed by atoms with Crippen molar-refractivity contribution in [1.29, 1.82) is 0 Å². The predicted octanol–water partition coefficient (Wildman–Crippen LogP) is 3.40. The normalized spacial score (nSPS) is 12.1. The Morgan fingerprint density at radius 1 is 1.17 bits per heavy atom. The molecule has 122 valence electrons. The van der Waals surface area contributed by atoms with Crippen LogP contribution in [0.15, 0.2) is 54.7 Å².